The highest BCUT2D eigenvalue weighted by Crippen LogP contribution is 2.42. The van der Waals surface area contributed by atoms with E-state index in [9.17, 15) is 23.2 Å². The molecule has 28 heavy (non-hydrogen) atoms. The number of imide groups is 1. The van der Waals surface area contributed by atoms with Gasteiger partial charge in [0.05, 0.1) is 0 Å². The van der Waals surface area contributed by atoms with Crippen LogP contribution in [0.2, 0.25) is 0 Å². The molecule has 150 valence electrons. The lowest BCUT2D eigenvalue weighted by Crippen LogP contribution is -2.47. The van der Waals surface area contributed by atoms with Gasteiger partial charge in [-0.05, 0) is 25.0 Å². The number of ether oxygens (including phenoxy) is 2. The van der Waals surface area contributed by atoms with Crippen molar-refractivity contribution in [1.29, 1.82) is 0 Å². The molecule has 2 heterocycles. The van der Waals surface area contributed by atoms with Crippen LogP contribution in [0.1, 0.15) is 38.5 Å². The van der Waals surface area contributed by atoms with Gasteiger partial charge >= 0.3 is 12.3 Å². The van der Waals surface area contributed by atoms with Crippen molar-refractivity contribution >= 4 is 23.5 Å². The maximum absolute atomic E-state index is 13.1. The number of nitrogens with one attached hydrogen (secondary N) is 2. The molecule has 0 radical (unpaired) electrons. The van der Waals surface area contributed by atoms with Gasteiger partial charge in [-0.2, -0.15) is 0 Å². The molecule has 4 amide bonds. The van der Waals surface area contributed by atoms with Crippen LogP contribution >= 0.6 is 0 Å². The normalized spacial score (nSPS) is 22.1. The third kappa shape index (κ3) is 3.34. The smallest absolute Gasteiger partial charge is 0.395 e. The summed E-state index contributed by atoms with van der Waals surface area (Å²) in [4.78, 5) is 38.3. The Labute approximate surface area is 159 Å². The minimum atomic E-state index is -3.75. The van der Waals surface area contributed by atoms with Crippen molar-refractivity contribution in [3.63, 3.8) is 0 Å². The number of anilines is 1. The molecule has 0 aromatic heterocycles. The van der Waals surface area contributed by atoms with E-state index in [1.54, 1.807) is 0 Å². The summed E-state index contributed by atoms with van der Waals surface area (Å²) in [7, 11) is 0. The van der Waals surface area contributed by atoms with Crippen LogP contribution in [0.25, 0.3) is 0 Å². The van der Waals surface area contributed by atoms with E-state index in [1.807, 2.05) is 0 Å². The van der Waals surface area contributed by atoms with Crippen LogP contribution in [0.5, 0.6) is 11.5 Å². The number of carbonyl (C=O) groups is 3. The highest BCUT2D eigenvalue weighted by Gasteiger charge is 2.51. The molecular weight excluding hydrogens is 376 g/mol. The van der Waals surface area contributed by atoms with Gasteiger partial charge in [-0.15, -0.1) is 8.78 Å². The van der Waals surface area contributed by atoms with Crippen molar-refractivity contribution in [3.8, 4) is 11.5 Å². The van der Waals surface area contributed by atoms with E-state index in [1.165, 1.54) is 18.2 Å². The SMILES string of the molecule is O=C(CN1C(=O)NC2(CCCCCC2)C1=O)Nc1ccc2c(c1)OC(F)(F)O2. The summed E-state index contributed by atoms with van der Waals surface area (Å²) in [6, 6.07) is 3.19. The number of carbonyl (C=O) groups excluding carboxylic acids is 3. The lowest BCUT2D eigenvalue weighted by atomic mass is 9.90. The molecule has 1 spiro atoms. The monoisotopic (exact) mass is 395 g/mol. The van der Waals surface area contributed by atoms with Crippen LogP contribution in [0.15, 0.2) is 18.2 Å². The number of halogens is 2. The van der Waals surface area contributed by atoms with Crippen molar-refractivity contribution in [3.05, 3.63) is 18.2 Å². The summed E-state index contributed by atoms with van der Waals surface area (Å²) in [6.45, 7) is -0.461. The number of alkyl halides is 2. The van der Waals surface area contributed by atoms with Gasteiger partial charge in [-0.1, -0.05) is 25.7 Å². The summed E-state index contributed by atoms with van der Waals surface area (Å²) >= 11 is 0. The van der Waals surface area contributed by atoms with Crippen LogP contribution in [-0.2, 0) is 9.59 Å². The number of benzene rings is 1. The number of hydrogen-bond acceptors (Lipinski definition) is 5. The first-order valence-corrected chi connectivity index (χ1v) is 9.12. The second-order valence-electron chi connectivity index (χ2n) is 7.19. The van der Waals surface area contributed by atoms with Crippen LogP contribution in [0.3, 0.4) is 0 Å². The minimum absolute atomic E-state index is 0.146. The van der Waals surface area contributed by atoms with Crippen LogP contribution < -0.4 is 20.1 Å². The van der Waals surface area contributed by atoms with Crippen molar-refractivity contribution in [2.75, 3.05) is 11.9 Å². The molecule has 10 heteroatoms. The predicted molar refractivity (Wildman–Crippen MR) is 92.0 cm³/mol. The van der Waals surface area contributed by atoms with Gasteiger partial charge in [0.1, 0.15) is 12.1 Å². The molecule has 0 unspecified atom stereocenters. The average molecular weight is 395 g/mol. The van der Waals surface area contributed by atoms with Gasteiger partial charge in [0, 0.05) is 11.8 Å². The number of rotatable bonds is 3. The summed E-state index contributed by atoms with van der Waals surface area (Å²) in [5.41, 5.74) is -0.737. The lowest BCUT2D eigenvalue weighted by molar-refractivity contribution is -0.286. The van der Waals surface area contributed by atoms with E-state index < -0.39 is 30.3 Å². The number of urea groups is 1. The topological polar surface area (TPSA) is 97.0 Å². The third-order valence-electron chi connectivity index (χ3n) is 5.19. The Morgan fingerprint density at radius 3 is 2.50 bits per heavy atom. The maximum Gasteiger partial charge on any atom is 0.586 e. The number of nitrogens with zero attached hydrogens (tertiary/aromatic N) is 1. The molecule has 1 saturated heterocycles. The Balaban J connectivity index is 1.42. The molecule has 2 N–H and O–H groups in total. The van der Waals surface area contributed by atoms with E-state index >= 15 is 0 Å². The number of hydrogen-bond donors (Lipinski definition) is 2. The molecule has 4 rings (SSSR count). The average Bonchev–Trinajstić information content (AvgIpc) is 2.91. The summed E-state index contributed by atoms with van der Waals surface area (Å²) < 4.78 is 34.8. The van der Waals surface area contributed by atoms with Crippen molar-refractivity contribution in [2.45, 2.75) is 50.4 Å². The zero-order chi connectivity index (χ0) is 19.9. The van der Waals surface area contributed by atoms with Crippen LogP contribution in [-0.4, -0.2) is 41.1 Å². The van der Waals surface area contributed by atoms with E-state index in [4.69, 9.17) is 0 Å². The standard InChI is InChI=1S/C18H19F2N3O5/c19-18(20)27-12-6-5-11(9-13(12)28-18)21-14(24)10-23-15(25)17(22-16(23)26)7-3-1-2-4-8-17/h5-6,9H,1-4,7-8,10H2,(H,21,24)(H,22,26). The molecule has 0 atom stereocenters. The van der Waals surface area contributed by atoms with Crippen molar-refractivity contribution in [1.82, 2.24) is 10.2 Å². The molecule has 1 aromatic rings. The Morgan fingerprint density at radius 2 is 1.79 bits per heavy atom. The second kappa shape index (κ2) is 6.61. The highest BCUT2D eigenvalue weighted by molar-refractivity contribution is 6.10. The molecule has 8 nitrogen and oxygen atoms in total. The molecule has 1 aliphatic carbocycles. The summed E-state index contributed by atoms with van der Waals surface area (Å²) in [6.07, 6.45) is 1.07. The van der Waals surface area contributed by atoms with Gasteiger partial charge < -0.3 is 20.1 Å². The minimum Gasteiger partial charge on any atom is -0.395 e. The van der Waals surface area contributed by atoms with E-state index in [-0.39, 0.29) is 23.1 Å². The largest absolute Gasteiger partial charge is 0.586 e. The van der Waals surface area contributed by atoms with Crippen molar-refractivity contribution in [2.24, 2.45) is 0 Å². The fourth-order valence-electron chi connectivity index (χ4n) is 3.86. The quantitative estimate of drug-likeness (QED) is 0.767. The summed E-state index contributed by atoms with van der Waals surface area (Å²) in [5, 5.41) is 5.24. The molecule has 1 aromatic carbocycles. The first-order valence-electron chi connectivity index (χ1n) is 9.12. The zero-order valence-corrected chi connectivity index (χ0v) is 14.9. The third-order valence-corrected chi connectivity index (χ3v) is 5.19. The Hall–Kier alpha value is -2.91. The van der Waals surface area contributed by atoms with E-state index in [0.717, 1.165) is 30.6 Å². The molecule has 3 aliphatic rings. The van der Waals surface area contributed by atoms with E-state index in [2.05, 4.69) is 20.1 Å². The maximum atomic E-state index is 13.1. The van der Waals surface area contributed by atoms with Crippen LogP contribution in [0.4, 0.5) is 19.3 Å². The fraction of sp³-hybridized carbons (Fsp3) is 0.500. The van der Waals surface area contributed by atoms with Gasteiger partial charge in [-0.25, -0.2) is 4.79 Å². The van der Waals surface area contributed by atoms with Gasteiger partial charge in [0.15, 0.2) is 11.5 Å². The number of amides is 4. The highest BCUT2D eigenvalue weighted by atomic mass is 19.3. The first kappa shape index (κ1) is 18.5. The van der Waals surface area contributed by atoms with E-state index in [0.29, 0.717) is 12.8 Å². The number of fused-ring (bicyclic) bond motifs is 1. The molecule has 0 bridgehead atoms. The molecule has 1 saturated carbocycles. The lowest BCUT2D eigenvalue weighted by Gasteiger charge is -2.24. The van der Waals surface area contributed by atoms with Crippen LogP contribution in [0, 0.1) is 0 Å². The van der Waals surface area contributed by atoms with Gasteiger partial charge in [-0.3, -0.25) is 14.5 Å². The summed E-state index contributed by atoms with van der Waals surface area (Å²) in [5.74, 6) is -1.37. The van der Waals surface area contributed by atoms with Crippen molar-refractivity contribution < 1.29 is 32.6 Å². The Bertz CT molecular complexity index is 837. The molecular formula is C18H19F2N3O5. The first-order chi connectivity index (χ1) is 13.3. The predicted octanol–water partition coefficient (Wildman–Crippen LogP) is 2.59. The van der Waals surface area contributed by atoms with Gasteiger partial charge in [0.25, 0.3) is 5.91 Å². The molecule has 2 aliphatic heterocycles. The van der Waals surface area contributed by atoms with Gasteiger partial charge in [0.2, 0.25) is 5.91 Å². The fourth-order valence-corrected chi connectivity index (χ4v) is 3.86. The Kier molecular flexibility index (Phi) is 4.35. The molecule has 2 fully saturated rings. The second-order valence-corrected chi connectivity index (χ2v) is 7.19. The Morgan fingerprint density at radius 1 is 1.11 bits per heavy atom. The zero-order valence-electron chi connectivity index (χ0n) is 14.9.